The van der Waals surface area contributed by atoms with E-state index in [1.807, 2.05) is 11.9 Å². The number of hydrogen-bond donors (Lipinski definition) is 1. The van der Waals surface area contributed by atoms with Gasteiger partial charge in [0.15, 0.2) is 5.78 Å². The summed E-state index contributed by atoms with van der Waals surface area (Å²) in [7, 11) is 3.48. The smallest absolute Gasteiger partial charge is 0.165 e. The summed E-state index contributed by atoms with van der Waals surface area (Å²) < 4.78 is 10.4. The Morgan fingerprint density at radius 2 is 2.00 bits per heavy atom. The van der Waals surface area contributed by atoms with Gasteiger partial charge in [-0.2, -0.15) is 0 Å². The zero-order valence-electron chi connectivity index (χ0n) is 12.6. The molecule has 5 nitrogen and oxygen atoms in total. The number of rotatable bonds is 7. The van der Waals surface area contributed by atoms with Crippen LogP contribution in [-0.2, 0) is 14.3 Å². The van der Waals surface area contributed by atoms with Gasteiger partial charge in [-0.05, 0) is 20.9 Å². The van der Waals surface area contributed by atoms with Crippen molar-refractivity contribution in [1.29, 1.82) is 0 Å². The summed E-state index contributed by atoms with van der Waals surface area (Å²) in [6.07, 6.45) is 1.76. The second-order valence-electron chi connectivity index (χ2n) is 5.96. The van der Waals surface area contributed by atoms with Gasteiger partial charge in [0.2, 0.25) is 0 Å². The third-order valence-electron chi connectivity index (χ3n) is 3.89. The van der Waals surface area contributed by atoms with Gasteiger partial charge in [0, 0.05) is 52.7 Å². The number of ketones is 1. The van der Waals surface area contributed by atoms with Crippen LogP contribution >= 0.6 is 0 Å². The number of carbonyl (C=O) groups is 1. The first kappa shape index (κ1) is 16.6. The van der Waals surface area contributed by atoms with Gasteiger partial charge >= 0.3 is 0 Å². The SMILES string of the molecule is COC(C)(C)C(=O)CCN(C)CC1(O)CCOCC1. The van der Waals surface area contributed by atoms with Crippen LogP contribution in [-0.4, -0.2) is 67.5 Å². The zero-order valence-corrected chi connectivity index (χ0v) is 12.6. The van der Waals surface area contributed by atoms with Crippen LogP contribution in [0.25, 0.3) is 0 Å². The van der Waals surface area contributed by atoms with E-state index in [1.165, 1.54) is 0 Å². The fourth-order valence-electron chi connectivity index (χ4n) is 2.20. The minimum Gasteiger partial charge on any atom is -0.388 e. The summed E-state index contributed by atoms with van der Waals surface area (Å²) in [6, 6.07) is 0. The van der Waals surface area contributed by atoms with Crippen LogP contribution in [0.1, 0.15) is 33.1 Å². The lowest BCUT2D eigenvalue weighted by atomic mass is 9.93. The molecule has 0 bridgehead atoms. The molecule has 0 aromatic carbocycles. The number of likely N-dealkylation sites (N-methyl/N-ethyl adjacent to an activating group) is 1. The largest absolute Gasteiger partial charge is 0.388 e. The number of methoxy groups -OCH3 is 1. The second kappa shape index (κ2) is 6.79. The van der Waals surface area contributed by atoms with Crippen molar-refractivity contribution < 1.29 is 19.4 Å². The van der Waals surface area contributed by atoms with E-state index < -0.39 is 11.2 Å². The molecular weight excluding hydrogens is 246 g/mol. The minimum atomic E-state index is -0.726. The lowest BCUT2D eigenvalue weighted by molar-refractivity contribution is -0.137. The second-order valence-corrected chi connectivity index (χ2v) is 5.96. The van der Waals surface area contributed by atoms with Gasteiger partial charge in [0.1, 0.15) is 5.60 Å². The molecule has 0 aliphatic carbocycles. The molecule has 1 fully saturated rings. The van der Waals surface area contributed by atoms with Crippen LogP contribution in [0.3, 0.4) is 0 Å². The van der Waals surface area contributed by atoms with Crippen molar-refractivity contribution in [3.63, 3.8) is 0 Å². The molecule has 0 atom stereocenters. The van der Waals surface area contributed by atoms with Crippen molar-refractivity contribution in [2.75, 3.05) is 40.5 Å². The quantitative estimate of drug-likeness (QED) is 0.745. The van der Waals surface area contributed by atoms with Crippen molar-refractivity contribution in [3.8, 4) is 0 Å². The number of aliphatic hydroxyl groups is 1. The highest BCUT2D eigenvalue weighted by Crippen LogP contribution is 2.21. The highest BCUT2D eigenvalue weighted by molar-refractivity contribution is 5.86. The van der Waals surface area contributed by atoms with E-state index in [4.69, 9.17) is 9.47 Å². The van der Waals surface area contributed by atoms with Crippen LogP contribution in [0.2, 0.25) is 0 Å². The number of nitrogens with zero attached hydrogens (tertiary/aromatic N) is 1. The Morgan fingerprint density at radius 3 is 2.53 bits per heavy atom. The topological polar surface area (TPSA) is 59.0 Å². The third kappa shape index (κ3) is 5.18. The van der Waals surface area contributed by atoms with Crippen molar-refractivity contribution >= 4 is 5.78 Å². The molecule has 0 radical (unpaired) electrons. The van der Waals surface area contributed by atoms with Crippen LogP contribution in [0.15, 0.2) is 0 Å². The summed E-state index contributed by atoms with van der Waals surface area (Å²) in [5, 5.41) is 10.4. The van der Waals surface area contributed by atoms with E-state index in [1.54, 1.807) is 21.0 Å². The van der Waals surface area contributed by atoms with E-state index in [9.17, 15) is 9.90 Å². The van der Waals surface area contributed by atoms with Crippen LogP contribution in [0, 0.1) is 0 Å². The minimum absolute atomic E-state index is 0.0841. The van der Waals surface area contributed by atoms with Gasteiger partial charge in [0.05, 0.1) is 5.60 Å². The number of carbonyl (C=O) groups excluding carboxylic acids is 1. The summed E-state index contributed by atoms with van der Waals surface area (Å²) >= 11 is 0. The van der Waals surface area contributed by atoms with E-state index in [0.717, 1.165) is 0 Å². The molecule has 1 saturated heterocycles. The van der Waals surface area contributed by atoms with Gasteiger partial charge in [-0.1, -0.05) is 0 Å². The van der Waals surface area contributed by atoms with Crippen LogP contribution in [0.5, 0.6) is 0 Å². The fourth-order valence-corrected chi connectivity index (χ4v) is 2.20. The molecule has 1 heterocycles. The van der Waals surface area contributed by atoms with Crippen molar-refractivity contribution in [2.45, 2.75) is 44.3 Å². The molecule has 5 heteroatoms. The third-order valence-corrected chi connectivity index (χ3v) is 3.89. The first-order valence-corrected chi connectivity index (χ1v) is 6.86. The maximum Gasteiger partial charge on any atom is 0.165 e. The Balaban J connectivity index is 2.35. The van der Waals surface area contributed by atoms with E-state index in [0.29, 0.717) is 45.6 Å². The average molecular weight is 273 g/mol. The molecule has 19 heavy (non-hydrogen) atoms. The Bertz CT molecular complexity index is 298. The Morgan fingerprint density at radius 1 is 1.42 bits per heavy atom. The number of Topliss-reactive ketones (excluding diaryl/α,β-unsaturated/α-hetero) is 1. The number of ether oxygens (including phenoxy) is 2. The summed E-state index contributed by atoms with van der Waals surface area (Å²) in [6.45, 7) is 5.99. The van der Waals surface area contributed by atoms with Crippen molar-refractivity contribution in [1.82, 2.24) is 4.90 Å². The first-order valence-electron chi connectivity index (χ1n) is 6.86. The van der Waals surface area contributed by atoms with Crippen molar-refractivity contribution in [3.05, 3.63) is 0 Å². The predicted octanol–water partition coefficient (Wildman–Crippen LogP) is 0.844. The molecule has 0 unspecified atom stereocenters. The van der Waals surface area contributed by atoms with Gasteiger partial charge in [-0.3, -0.25) is 4.79 Å². The predicted molar refractivity (Wildman–Crippen MR) is 73.2 cm³/mol. The standard InChI is InChI=1S/C14H27NO4/c1-13(2,18-4)12(16)5-8-15(3)11-14(17)6-9-19-10-7-14/h17H,5-11H2,1-4H3. The molecule has 0 amide bonds. The van der Waals surface area contributed by atoms with Gasteiger partial charge < -0.3 is 19.5 Å². The molecule has 1 rings (SSSR count). The van der Waals surface area contributed by atoms with Crippen LogP contribution in [0.4, 0.5) is 0 Å². The first-order chi connectivity index (χ1) is 8.79. The Labute approximate surface area is 115 Å². The molecule has 1 aliphatic heterocycles. The molecule has 0 saturated carbocycles. The molecule has 0 spiro atoms. The monoisotopic (exact) mass is 273 g/mol. The molecule has 1 N–H and O–H groups in total. The van der Waals surface area contributed by atoms with Crippen LogP contribution < -0.4 is 0 Å². The molecule has 0 aromatic heterocycles. The normalized spacial score (nSPS) is 19.7. The lowest BCUT2D eigenvalue weighted by Crippen LogP contribution is -2.46. The van der Waals surface area contributed by atoms with Gasteiger partial charge in [-0.25, -0.2) is 0 Å². The van der Waals surface area contributed by atoms with Gasteiger partial charge in [-0.15, -0.1) is 0 Å². The zero-order chi connectivity index (χ0) is 14.5. The maximum absolute atomic E-state index is 11.9. The van der Waals surface area contributed by atoms with E-state index >= 15 is 0 Å². The molecule has 0 aromatic rings. The van der Waals surface area contributed by atoms with Gasteiger partial charge in [0.25, 0.3) is 0 Å². The fraction of sp³-hybridized carbons (Fsp3) is 0.929. The van der Waals surface area contributed by atoms with E-state index in [2.05, 4.69) is 0 Å². The summed E-state index contributed by atoms with van der Waals surface area (Å²) in [5.74, 6) is 0.0841. The Hall–Kier alpha value is -0.490. The molecule has 1 aliphatic rings. The molecular formula is C14H27NO4. The van der Waals surface area contributed by atoms with Crippen molar-refractivity contribution in [2.24, 2.45) is 0 Å². The number of hydrogen-bond acceptors (Lipinski definition) is 5. The Kier molecular flexibility index (Phi) is 5.92. The maximum atomic E-state index is 11.9. The average Bonchev–Trinajstić information content (AvgIpc) is 2.36. The summed E-state index contributed by atoms with van der Waals surface area (Å²) in [5.41, 5.74) is -1.40. The highest BCUT2D eigenvalue weighted by atomic mass is 16.5. The molecule has 112 valence electrons. The lowest BCUT2D eigenvalue weighted by Gasteiger charge is -2.35. The summed E-state index contributed by atoms with van der Waals surface area (Å²) in [4.78, 5) is 13.9. The van der Waals surface area contributed by atoms with E-state index in [-0.39, 0.29) is 5.78 Å². The highest BCUT2D eigenvalue weighted by Gasteiger charge is 2.32.